The first kappa shape index (κ1) is 14.2. The van der Waals surface area contributed by atoms with Gasteiger partial charge in [-0.15, -0.1) is 0 Å². The topological polar surface area (TPSA) is 35.6 Å². The van der Waals surface area contributed by atoms with Crippen LogP contribution in [0.1, 0.15) is 11.1 Å². The van der Waals surface area contributed by atoms with E-state index in [0.29, 0.717) is 19.6 Å². The van der Waals surface area contributed by atoms with Crippen molar-refractivity contribution < 1.29 is 18.0 Å². The Morgan fingerprint density at radius 2 is 1.90 bits per heavy atom. The molecule has 0 radical (unpaired) electrons. The van der Waals surface area contributed by atoms with Gasteiger partial charge in [0.2, 0.25) is 0 Å². The third-order valence-electron chi connectivity index (χ3n) is 4.00. The van der Waals surface area contributed by atoms with Crippen molar-refractivity contribution in [1.29, 1.82) is 0 Å². The lowest BCUT2D eigenvalue weighted by Gasteiger charge is -2.36. The van der Waals surface area contributed by atoms with Gasteiger partial charge in [-0.05, 0) is 17.7 Å². The molecule has 2 aliphatic heterocycles. The van der Waals surface area contributed by atoms with E-state index >= 15 is 0 Å². The minimum absolute atomic E-state index is 0.0193. The molecule has 0 spiro atoms. The SMILES string of the molecule is O=C1NC[C@H]2CN(Cc3ccc(C(F)(F)F)cc3)CCN12. The highest BCUT2D eigenvalue weighted by Gasteiger charge is 2.35. The van der Waals surface area contributed by atoms with Crippen LogP contribution in [0.25, 0.3) is 0 Å². The summed E-state index contributed by atoms with van der Waals surface area (Å²) in [6.45, 7) is 3.40. The third-order valence-corrected chi connectivity index (χ3v) is 4.00. The number of amides is 2. The van der Waals surface area contributed by atoms with E-state index in [1.165, 1.54) is 12.1 Å². The number of nitrogens with one attached hydrogen (secondary N) is 1. The molecule has 2 heterocycles. The smallest absolute Gasteiger partial charge is 0.336 e. The van der Waals surface area contributed by atoms with Crippen molar-refractivity contribution in [3.63, 3.8) is 0 Å². The second kappa shape index (κ2) is 5.22. The van der Waals surface area contributed by atoms with Crippen LogP contribution in [0, 0.1) is 0 Å². The van der Waals surface area contributed by atoms with Gasteiger partial charge in [-0.25, -0.2) is 4.79 Å². The molecule has 7 heteroatoms. The molecular formula is C14H16F3N3O. The molecule has 3 rings (SSSR count). The maximum Gasteiger partial charge on any atom is 0.416 e. The number of hydrogen-bond acceptors (Lipinski definition) is 2. The van der Waals surface area contributed by atoms with Crippen LogP contribution < -0.4 is 5.32 Å². The lowest BCUT2D eigenvalue weighted by molar-refractivity contribution is -0.137. The first-order chi connectivity index (χ1) is 9.93. The Morgan fingerprint density at radius 3 is 2.57 bits per heavy atom. The summed E-state index contributed by atoms with van der Waals surface area (Å²) in [4.78, 5) is 15.5. The molecular weight excluding hydrogens is 283 g/mol. The number of rotatable bonds is 2. The van der Waals surface area contributed by atoms with Gasteiger partial charge in [0.25, 0.3) is 0 Å². The highest BCUT2D eigenvalue weighted by atomic mass is 19.4. The zero-order valence-electron chi connectivity index (χ0n) is 11.4. The van der Waals surface area contributed by atoms with Gasteiger partial charge in [-0.1, -0.05) is 12.1 Å². The van der Waals surface area contributed by atoms with Crippen molar-refractivity contribution in [2.45, 2.75) is 18.8 Å². The zero-order chi connectivity index (χ0) is 15.0. The minimum atomic E-state index is -4.29. The molecule has 1 N–H and O–H groups in total. The number of benzene rings is 1. The van der Waals surface area contributed by atoms with E-state index in [0.717, 1.165) is 30.8 Å². The fourth-order valence-electron chi connectivity index (χ4n) is 2.87. The summed E-state index contributed by atoms with van der Waals surface area (Å²) >= 11 is 0. The zero-order valence-corrected chi connectivity index (χ0v) is 11.4. The summed E-state index contributed by atoms with van der Waals surface area (Å²) < 4.78 is 37.5. The fourth-order valence-corrected chi connectivity index (χ4v) is 2.87. The largest absolute Gasteiger partial charge is 0.416 e. The molecule has 1 aromatic rings. The second-order valence-corrected chi connectivity index (χ2v) is 5.46. The van der Waals surface area contributed by atoms with Crippen molar-refractivity contribution in [2.75, 3.05) is 26.2 Å². The molecule has 21 heavy (non-hydrogen) atoms. The van der Waals surface area contributed by atoms with E-state index in [4.69, 9.17) is 0 Å². The van der Waals surface area contributed by atoms with Gasteiger partial charge in [0.15, 0.2) is 0 Å². The second-order valence-electron chi connectivity index (χ2n) is 5.46. The average Bonchev–Trinajstić information content (AvgIpc) is 2.80. The van der Waals surface area contributed by atoms with Crippen molar-refractivity contribution >= 4 is 6.03 Å². The molecule has 0 saturated carbocycles. The summed E-state index contributed by atoms with van der Waals surface area (Å²) in [6, 6.07) is 5.42. The molecule has 1 atom stereocenters. The standard InChI is InChI=1S/C14H16F3N3O/c15-14(16,17)11-3-1-10(2-4-11)8-19-5-6-20-12(9-19)7-18-13(20)21/h1-4,12H,5-9H2,(H,18,21)/t12-/m0/s1. The maximum atomic E-state index is 12.5. The van der Waals surface area contributed by atoms with E-state index in [-0.39, 0.29) is 12.1 Å². The van der Waals surface area contributed by atoms with Crippen LogP contribution in [-0.4, -0.2) is 48.1 Å². The first-order valence-corrected chi connectivity index (χ1v) is 6.86. The molecule has 0 aliphatic carbocycles. The summed E-state index contributed by atoms with van der Waals surface area (Å²) in [7, 11) is 0. The van der Waals surface area contributed by atoms with Gasteiger partial charge in [0.1, 0.15) is 0 Å². The Labute approximate surface area is 120 Å². The normalized spacial score (nSPS) is 23.1. The van der Waals surface area contributed by atoms with E-state index in [1.54, 1.807) is 0 Å². The first-order valence-electron chi connectivity index (χ1n) is 6.86. The van der Waals surface area contributed by atoms with Gasteiger partial charge in [0.05, 0.1) is 11.6 Å². The van der Waals surface area contributed by atoms with E-state index in [2.05, 4.69) is 10.2 Å². The Balaban J connectivity index is 1.61. The summed E-state index contributed by atoms with van der Waals surface area (Å²) in [5.41, 5.74) is 0.232. The molecule has 2 fully saturated rings. The van der Waals surface area contributed by atoms with Gasteiger partial charge < -0.3 is 10.2 Å². The number of piperazine rings is 1. The molecule has 4 nitrogen and oxygen atoms in total. The molecule has 0 bridgehead atoms. The number of alkyl halides is 3. The summed E-state index contributed by atoms with van der Waals surface area (Å²) in [6.07, 6.45) is -4.29. The van der Waals surface area contributed by atoms with Gasteiger partial charge in [0, 0.05) is 32.7 Å². The number of urea groups is 1. The quantitative estimate of drug-likeness (QED) is 0.905. The van der Waals surface area contributed by atoms with Gasteiger partial charge in [-0.3, -0.25) is 4.90 Å². The van der Waals surface area contributed by atoms with E-state index in [1.807, 2.05) is 4.90 Å². The summed E-state index contributed by atoms with van der Waals surface area (Å²) in [5, 5.41) is 2.81. The molecule has 0 aromatic heterocycles. The van der Waals surface area contributed by atoms with Crippen LogP contribution in [-0.2, 0) is 12.7 Å². The van der Waals surface area contributed by atoms with Gasteiger partial charge >= 0.3 is 12.2 Å². The highest BCUT2D eigenvalue weighted by molar-refractivity contribution is 5.77. The molecule has 2 aliphatic rings. The van der Waals surface area contributed by atoms with Crippen molar-refractivity contribution in [3.05, 3.63) is 35.4 Å². The maximum absolute atomic E-state index is 12.5. The van der Waals surface area contributed by atoms with Crippen molar-refractivity contribution in [1.82, 2.24) is 15.1 Å². The Morgan fingerprint density at radius 1 is 1.19 bits per heavy atom. The fraction of sp³-hybridized carbons (Fsp3) is 0.500. The number of nitrogens with zero attached hydrogens (tertiary/aromatic N) is 2. The highest BCUT2D eigenvalue weighted by Crippen LogP contribution is 2.29. The van der Waals surface area contributed by atoms with Gasteiger partial charge in [-0.2, -0.15) is 13.2 Å². The van der Waals surface area contributed by atoms with Crippen molar-refractivity contribution in [2.24, 2.45) is 0 Å². The van der Waals surface area contributed by atoms with Crippen molar-refractivity contribution in [3.8, 4) is 0 Å². The molecule has 0 unspecified atom stereocenters. The minimum Gasteiger partial charge on any atom is -0.336 e. The molecule has 114 valence electrons. The lowest BCUT2D eigenvalue weighted by Crippen LogP contribution is -2.51. The predicted octanol–water partition coefficient (Wildman–Crippen LogP) is 1.91. The van der Waals surface area contributed by atoms with Crippen LogP contribution >= 0.6 is 0 Å². The lowest BCUT2D eigenvalue weighted by atomic mass is 10.1. The Hall–Kier alpha value is -1.76. The molecule has 1 aromatic carbocycles. The van der Waals surface area contributed by atoms with E-state index < -0.39 is 11.7 Å². The Kier molecular flexibility index (Phi) is 3.52. The number of carbonyl (C=O) groups is 1. The number of fused-ring (bicyclic) bond motifs is 1. The monoisotopic (exact) mass is 299 g/mol. The third kappa shape index (κ3) is 2.97. The van der Waals surface area contributed by atoms with Crippen LogP contribution in [0.2, 0.25) is 0 Å². The number of carbonyl (C=O) groups excluding carboxylic acids is 1. The average molecular weight is 299 g/mol. The van der Waals surface area contributed by atoms with Crippen LogP contribution in [0.4, 0.5) is 18.0 Å². The van der Waals surface area contributed by atoms with Crippen LogP contribution in [0.15, 0.2) is 24.3 Å². The molecule has 2 amide bonds. The summed E-state index contributed by atoms with van der Waals surface area (Å²) in [5.74, 6) is 0. The Bertz CT molecular complexity index is 529. The number of hydrogen-bond donors (Lipinski definition) is 1. The molecule has 2 saturated heterocycles. The van der Waals surface area contributed by atoms with E-state index in [9.17, 15) is 18.0 Å². The predicted molar refractivity (Wildman–Crippen MR) is 70.6 cm³/mol. The number of halogens is 3. The van der Waals surface area contributed by atoms with Crippen LogP contribution in [0.5, 0.6) is 0 Å². The van der Waals surface area contributed by atoms with Crippen LogP contribution in [0.3, 0.4) is 0 Å².